The number of benzene rings is 1. The van der Waals surface area contributed by atoms with Gasteiger partial charge < -0.3 is 9.88 Å². The van der Waals surface area contributed by atoms with E-state index in [1.807, 2.05) is 4.90 Å². The number of rotatable bonds is 5. The Hall–Kier alpha value is -2.70. The van der Waals surface area contributed by atoms with Crippen molar-refractivity contribution in [1.82, 2.24) is 25.3 Å². The minimum absolute atomic E-state index is 0.163. The largest absolute Gasteiger partial charge is 0.358 e. The molecule has 0 radical (unpaired) electrons. The third-order valence-electron chi connectivity index (χ3n) is 4.83. The fourth-order valence-corrected chi connectivity index (χ4v) is 3.49. The highest BCUT2D eigenvalue weighted by atomic mass is 19.1. The van der Waals surface area contributed by atoms with Gasteiger partial charge in [0.25, 0.3) is 0 Å². The Labute approximate surface area is 144 Å². The van der Waals surface area contributed by atoms with E-state index in [2.05, 4.69) is 20.4 Å². The van der Waals surface area contributed by atoms with Crippen LogP contribution in [0.15, 0.2) is 24.4 Å². The zero-order valence-electron chi connectivity index (χ0n) is 13.9. The van der Waals surface area contributed by atoms with Crippen LogP contribution < -0.4 is 0 Å². The zero-order chi connectivity index (χ0) is 17.2. The van der Waals surface area contributed by atoms with Crippen LogP contribution in [-0.2, 0) is 24.2 Å². The Bertz CT molecular complexity index is 886. The van der Waals surface area contributed by atoms with E-state index in [0.29, 0.717) is 19.5 Å². The van der Waals surface area contributed by atoms with E-state index in [-0.39, 0.29) is 11.7 Å². The third kappa shape index (κ3) is 3.26. The van der Waals surface area contributed by atoms with Gasteiger partial charge in [-0.25, -0.2) is 4.39 Å². The molecule has 0 saturated heterocycles. The molecular formula is C18H20FN5O. The number of halogens is 1. The number of nitrogens with zero attached hydrogens (tertiary/aromatic N) is 3. The van der Waals surface area contributed by atoms with E-state index in [1.165, 1.54) is 6.07 Å². The van der Waals surface area contributed by atoms with Crippen molar-refractivity contribution in [3.05, 3.63) is 47.2 Å². The number of unbranched alkanes of at least 4 members (excludes halogenated alkanes) is 1. The lowest BCUT2D eigenvalue weighted by molar-refractivity contribution is -0.132. The molecule has 1 aliphatic heterocycles. The lowest BCUT2D eigenvalue weighted by Gasteiger charge is -2.27. The molecule has 2 N–H and O–H groups in total. The monoisotopic (exact) mass is 341 g/mol. The van der Waals surface area contributed by atoms with Crippen LogP contribution in [-0.4, -0.2) is 37.7 Å². The lowest BCUT2D eigenvalue weighted by Crippen LogP contribution is -2.35. The number of carbonyl (C=O) groups is 1. The number of H-pyrrole nitrogens is 2. The summed E-state index contributed by atoms with van der Waals surface area (Å²) in [5.74, 6) is -0.0813. The van der Waals surface area contributed by atoms with Gasteiger partial charge in [0.05, 0.1) is 11.9 Å². The highest BCUT2D eigenvalue weighted by Crippen LogP contribution is 2.28. The van der Waals surface area contributed by atoms with Crippen molar-refractivity contribution in [3.8, 4) is 0 Å². The molecule has 0 bridgehead atoms. The van der Waals surface area contributed by atoms with Crippen molar-refractivity contribution in [1.29, 1.82) is 0 Å². The molecule has 25 heavy (non-hydrogen) atoms. The lowest BCUT2D eigenvalue weighted by atomic mass is 10.0. The molecule has 3 aromatic rings. The summed E-state index contributed by atoms with van der Waals surface area (Å²) < 4.78 is 13.6. The summed E-state index contributed by atoms with van der Waals surface area (Å²) in [5, 5.41) is 11.3. The Balaban J connectivity index is 1.37. The van der Waals surface area contributed by atoms with Crippen molar-refractivity contribution in [3.63, 3.8) is 0 Å². The molecule has 3 heterocycles. The topological polar surface area (TPSA) is 77.7 Å². The number of nitrogens with one attached hydrogen (secondary N) is 2. The fraction of sp³-hybridized carbons (Fsp3) is 0.389. The number of hydrogen-bond donors (Lipinski definition) is 2. The van der Waals surface area contributed by atoms with E-state index in [1.54, 1.807) is 18.3 Å². The maximum atomic E-state index is 13.6. The molecule has 6 nitrogen and oxygen atoms in total. The van der Waals surface area contributed by atoms with Crippen molar-refractivity contribution >= 4 is 16.8 Å². The normalized spacial score (nSPS) is 14.0. The van der Waals surface area contributed by atoms with E-state index in [4.69, 9.17) is 0 Å². The van der Waals surface area contributed by atoms with Gasteiger partial charge in [0, 0.05) is 48.1 Å². The second-order valence-corrected chi connectivity index (χ2v) is 6.51. The van der Waals surface area contributed by atoms with Gasteiger partial charge in [-0.1, -0.05) is 0 Å². The molecule has 1 aromatic carbocycles. The molecule has 2 aromatic heterocycles. The van der Waals surface area contributed by atoms with Crippen LogP contribution in [0.3, 0.4) is 0 Å². The molecule has 7 heteroatoms. The van der Waals surface area contributed by atoms with Crippen LogP contribution in [0.5, 0.6) is 0 Å². The van der Waals surface area contributed by atoms with Crippen LogP contribution in [0.2, 0.25) is 0 Å². The maximum absolute atomic E-state index is 13.6. The quantitative estimate of drug-likeness (QED) is 0.701. The van der Waals surface area contributed by atoms with Gasteiger partial charge >= 0.3 is 0 Å². The first-order valence-electron chi connectivity index (χ1n) is 8.62. The van der Waals surface area contributed by atoms with Crippen molar-refractivity contribution < 1.29 is 9.18 Å². The minimum Gasteiger partial charge on any atom is -0.358 e. The Morgan fingerprint density at radius 3 is 3.08 bits per heavy atom. The molecule has 0 atom stereocenters. The Morgan fingerprint density at radius 1 is 1.32 bits per heavy atom. The van der Waals surface area contributed by atoms with Crippen molar-refractivity contribution in [2.75, 3.05) is 6.54 Å². The summed E-state index contributed by atoms with van der Waals surface area (Å²) in [6.45, 7) is 1.27. The standard InChI is InChI=1S/C18H20FN5O/c19-12-5-6-16-14(9-12)15-11-24(8-7-17(15)21-16)18(25)4-2-1-3-13-10-20-23-22-13/h5-6,9-10,21H,1-4,7-8,11H2,(H,20,22,23). The summed E-state index contributed by atoms with van der Waals surface area (Å²) >= 11 is 0. The first-order chi connectivity index (χ1) is 12.2. The predicted octanol–water partition coefficient (Wildman–Crippen LogP) is 2.72. The second-order valence-electron chi connectivity index (χ2n) is 6.51. The average Bonchev–Trinajstić information content (AvgIpc) is 3.25. The molecule has 0 saturated carbocycles. The fourth-order valence-electron chi connectivity index (χ4n) is 3.49. The van der Waals surface area contributed by atoms with Crippen molar-refractivity contribution in [2.24, 2.45) is 0 Å². The number of aromatic nitrogens is 4. The predicted molar refractivity (Wildman–Crippen MR) is 91.3 cm³/mol. The van der Waals surface area contributed by atoms with Gasteiger partial charge in [-0.2, -0.15) is 15.4 Å². The smallest absolute Gasteiger partial charge is 0.222 e. The molecule has 1 aliphatic rings. The van der Waals surface area contributed by atoms with Crippen LogP contribution in [0.25, 0.3) is 10.9 Å². The summed E-state index contributed by atoms with van der Waals surface area (Å²) in [7, 11) is 0. The molecule has 0 aliphatic carbocycles. The first kappa shape index (κ1) is 15.8. The van der Waals surface area contributed by atoms with E-state index in [9.17, 15) is 9.18 Å². The number of hydrogen-bond acceptors (Lipinski definition) is 3. The SMILES string of the molecule is O=C(CCCCc1cn[nH]n1)N1CCc2[nH]c3ccc(F)cc3c2C1. The van der Waals surface area contributed by atoms with Crippen molar-refractivity contribution in [2.45, 2.75) is 38.6 Å². The maximum Gasteiger partial charge on any atom is 0.222 e. The number of aromatic amines is 2. The molecule has 1 amide bonds. The van der Waals surface area contributed by atoms with Gasteiger partial charge in [-0.05, 0) is 37.5 Å². The van der Waals surface area contributed by atoms with Gasteiger partial charge in [0.1, 0.15) is 5.82 Å². The summed E-state index contributed by atoms with van der Waals surface area (Å²) in [5.41, 5.74) is 4.04. The molecule has 4 rings (SSSR count). The van der Waals surface area contributed by atoms with Gasteiger partial charge in [-0.3, -0.25) is 4.79 Å². The number of amides is 1. The van der Waals surface area contributed by atoms with Crippen LogP contribution in [0.1, 0.15) is 36.2 Å². The molecule has 0 fully saturated rings. The van der Waals surface area contributed by atoms with Gasteiger partial charge in [0.15, 0.2) is 0 Å². The van der Waals surface area contributed by atoms with Crippen LogP contribution in [0, 0.1) is 5.82 Å². The van der Waals surface area contributed by atoms with Crippen LogP contribution in [0.4, 0.5) is 4.39 Å². The summed E-state index contributed by atoms with van der Waals surface area (Å²) in [6.07, 6.45) is 5.60. The second kappa shape index (κ2) is 6.66. The first-order valence-corrected chi connectivity index (χ1v) is 8.62. The molecule has 0 unspecified atom stereocenters. The number of carbonyl (C=O) groups excluding carboxylic acids is 1. The number of fused-ring (bicyclic) bond motifs is 3. The minimum atomic E-state index is -0.245. The highest BCUT2D eigenvalue weighted by Gasteiger charge is 2.23. The van der Waals surface area contributed by atoms with Gasteiger partial charge in [0.2, 0.25) is 5.91 Å². The third-order valence-corrected chi connectivity index (χ3v) is 4.83. The molecular weight excluding hydrogens is 321 g/mol. The Kier molecular flexibility index (Phi) is 4.21. The highest BCUT2D eigenvalue weighted by molar-refractivity contribution is 5.86. The van der Waals surface area contributed by atoms with E-state index in [0.717, 1.165) is 53.5 Å². The zero-order valence-corrected chi connectivity index (χ0v) is 13.9. The van der Waals surface area contributed by atoms with E-state index >= 15 is 0 Å². The van der Waals surface area contributed by atoms with E-state index < -0.39 is 0 Å². The number of aryl methyl sites for hydroxylation is 1. The molecule has 0 spiro atoms. The van der Waals surface area contributed by atoms with Crippen LogP contribution >= 0.6 is 0 Å². The summed E-state index contributed by atoms with van der Waals surface area (Å²) in [4.78, 5) is 17.7. The summed E-state index contributed by atoms with van der Waals surface area (Å²) in [6, 6.07) is 4.78. The average molecular weight is 341 g/mol. The Morgan fingerprint density at radius 2 is 2.24 bits per heavy atom. The van der Waals surface area contributed by atoms with Gasteiger partial charge in [-0.15, -0.1) is 0 Å². The molecule has 130 valence electrons.